The highest BCUT2D eigenvalue weighted by atomic mass is 16.4. The van der Waals surface area contributed by atoms with Crippen LogP contribution in [0.1, 0.15) is 55.3 Å². The Balaban J connectivity index is 1.56. The smallest absolute Gasteiger partial charge is 0.303 e. The molecule has 3 rings (SSSR count). The standard InChI is InChI=1S/C29H39N5O4/c1-34(2)20-19-32-29(38)23-13-9-12-22-27(21-11-5-6-14-24(21)33-28(22)23)31-18-8-4-3-7-17-30-25(35)15-10-16-26(36)37/h5-6,9,11-14H,3-4,7-8,10,15-20H2,1-2H3,(H,30,35)(H,31,33)(H,32,38)(H,36,37). The van der Waals surface area contributed by atoms with Crippen LogP contribution in [-0.2, 0) is 9.59 Å². The zero-order chi connectivity index (χ0) is 27.3. The van der Waals surface area contributed by atoms with Gasteiger partial charge in [0.1, 0.15) is 0 Å². The highest BCUT2D eigenvalue weighted by Crippen LogP contribution is 2.32. The number of likely N-dealkylation sites (N-methyl/N-ethyl adjacent to an activating group) is 1. The Labute approximate surface area is 224 Å². The molecule has 204 valence electrons. The van der Waals surface area contributed by atoms with Gasteiger partial charge in [-0.2, -0.15) is 0 Å². The van der Waals surface area contributed by atoms with Crippen molar-refractivity contribution in [3.8, 4) is 0 Å². The molecule has 2 aromatic carbocycles. The number of hydrogen-bond acceptors (Lipinski definition) is 6. The maximum Gasteiger partial charge on any atom is 0.303 e. The molecule has 0 unspecified atom stereocenters. The van der Waals surface area contributed by atoms with Gasteiger partial charge in [-0.15, -0.1) is 0 Å². The third-order valence-corrected chi connectivity index (χ3v) is 6.32. The fourth-order valence-corrected chi connectivity index (χ4v) is 4.31. The molecule has 9 heteroatoms. The van der Waals surface area contributed by atoms with Crippen molar-refractivity contribution in [2.24, 2.45) is 0 Å². The summed E-state index contributed by atoms with van der Waals surface area (Å²) in [6.45, 7) is 2.72. The van der Waals surface area contributed by atoms with Gasteiger partial charge < -0.3 is 26.0 Å². The van der Waals surface area contributed by atoms with Crippen molar-refractivity contribution in [2.75, 3.05) is 45.6 Å². The van der Waals surface area contributed by atoms with Gasteiger partial charge >= 0.3 is 5.97 Å². The Kier molecular flexibility index (Phi) is 11.3. The summed E-state index contributed by atoms with van der Waals surface area (Å²) in [7, 11) is 3.95. The second-order valence-electron chi connectivity index (χ2n) is 9.70. The summed E-state index contributed by atoms with van der Waals surface area (Å²) < 4.78 is 0. The molecular formula is C29H39N5O4. The molecule has 0 spiro atoms. The average Bonchev–Trinajstić information content (AvgIpc) is 2.88. The van der Waals surface area contributed by atoms with Crippen molar-refractivity contribution < 1.29 is 19.5 Å². The first-order valence-corrected chi connectivity index (χ1v) is 13.3. The molecule has 1 heterocycles. The van der Waals surface area contributed by atoms with E-state index in [-0.39, 0.29) is 24.7 Å². The van der Waals surface area contributed by atoms with E-state index in [0.29, 0.717) is 30.6 Å². The molecule has 0 saturated carbocycles. The summed E-state index contributed by atoms with van der Waals surface area (Å²) in [4.78, 5) is 42.1. The van der Waals surface area contributed by atoms with Gasteiger partial charge in [0, 0.05) is 49.8 Å². The van der Waals surface area contributed by atoms with Crippen LogP contribution in [-0.4, -0.2) is 73.0 Å². The summed E-state index contributed by atoms with van der Waals surface area (Å²) in [6.07, 6.45) is 4.51. The molecule has 2 amide bonds. The molecule has 0 atom stereocenters. The van der Waals surface area contributed by atoms with Gasteiger partial charge in [-0.3, -0.25) is 14.4 Å². The van der Waals surface area contributed by atoms with E-state index < -0.39 is 5.97 Å². The number of carbonyl (C=O) groups excluding carboxylic acids is 2. The van der Waals surface area contributed by atoms with Crippen LogP contribution in [0.2, 0.25) is 0 Å². The summed E-state index contributed by atoms with van der Waals surface area (Å²) >= 11 is 0. The maximum absolute atomic E-state index is 13.0. The number of rotatable bonds is 16. The first kappa shape index (κ1) is 28.8. The fraction of sp³-hybridized carbons (Fsp3) is 0.448. The number of amides is 2. The van der Waals surface area contributed by atoms with Crippen LogP contribution in [0, 0.1) is 0 Å². The lowest BCUT2D eigenvalue weighted by atomic mass is 10.0. The molecule has 4 N–H and O–H groups in total. The van der Waals surface area contributed by atoms with Crippen molar-refractivity contribution in [1.82, 2.24) is 20.5 Å². The number of carbonyl (C=O) groups is 3. The molecule has 0 fully saturated rings. The number of pyridine rings is 1. The van der Waals surface area contributed by atoms with Gasteiger partial charge in [0.15, 0.2) is 0 Å². The third-order valence-electron chi connectivity index (χ3n) is 6.32. The Morgan fingerprint density at radius 2 is 1.55 bits per heavy atom. The number of benzene rings is 2. The molecule has 0 bridgehead atoms. The summed E-state index contributed by atoms with van der Waals surface area (Å²) in [6, 6.07) is 13.7. The van der Waals surface area contributed by atoms with Crippen LogP contribution in [0.5, 0.6) is 0 Å². The zero-order valence-electron chi connectivity index (χ0n) is 22.4. The monoisotopic (exact) mass is 521 g/mol. The van der Waals surface area contributed by atoms with E-state index >= 15 is 0 Å². The number of para-hydroxylation sites is 2. The molecule has 0 aliphatic heterocycles. The highest BCUT2D eigenvalue weighted by Gasteiger charge is 2.15. The Hall–Kier alpha value is -3.72. The van der Waals surface area contributed by atoms with Crippen LogP contribution in [0.25, 0.3) is 21.8 Å². The van der Waals surface area contributed by atoms with Gasteiger partial charge in [-0.25, -0.2) is 4.98 Å². The minimum absolute atomic E-state index is 0.0216. The van der Waals surface area contributed by atoms with E-state index in [1.165, 1.54) is 0 Å². The van der Waals surface area contributed by atoms with E-state index in [2.05, 4.69) is 16.0 Å². The van der Waals surface area contributed by atoms with E-state index in [1.807, 2.05) is 61.5 Å². The minimum atomic E-state index is -0.874. The van der Waals surface area contributed by atoms with Crippen LogP contribution in [0.4, 0.5) is 5.69 Å². The van der Waals surface area contributed by atoms with Crippen molar-refractivity contribution in [1.29, 1.82) is 0 Å². The number of nitrogens with zero attached hydrogens (tertiary/aromatic N) is 2. The molecule has 0 radical (unpaired) electrons. The van der Waals surface area contributed by atoms with Crippen LogP contribution < -0.4 is 16.0 Å². The number of nitrogens with one attached hydrogen (secondary N) is 3. The van der Waals surface area contributed by atoms with Gasteiger partial charge in [0.2, 0.25) is 5.91 Å². The largest absolute Gasteiger partial charge is 0.481 e. The molecule has 0 aliphatic carbocycles. The molecule has 0 saturated heterocycles. The number of hydrogen-bond donors (Lipinski definition) is 4. The van der Waals surface area contributed by atoms with E-state index in [9.17, 15) is 14.4 Å². The average molecular weight is 522 g/mol. The number of anilines is 1. The molecule has 0 aliphatic rings. The lowest BCUT2D eigenvalue weighted by Crippen LogP contribution is -2.31. The second kappa shape index (κ2) is 14.9. The first-order valence-electron chi connectivity index (χ1n) is 13.3. The summed E-state index contributed by atoms with van der Waals surface area (Å²) in [5.41, 5.74) is 3.09. The zero-order valence-corrected chi connectivity index (χ0v) is 22.4. The number of aliphatic carboxylic acids is 1. The molecule has 1 aromatic heterocycles. The molecule has 3 aromatic rings. The number of carboxylic acids is 1. The topological polar surface area (TPSA) is 124 Å². The highest BCUT2D eigenvalue weighted by molar-refractivity contribution is 6.14. The number of carboxylic acid groups (broad SMARTS) is 1. The van der Waals surface area contributed by atoms with Crippen molar-refractivity contribution in [2.45, 2.75) is 44.9 Å². The minimum Gasteiger partial charge on any atom is -0.481 e. The third kappa shape index (κ3) is 8.69. The molecule has 9 nitrogen and oxygen atoms in total. The summed E-state index contributed by atoms with van der Waals surface area (Å²) in [5.74, 6) is -1.09. The van der Waals surface area contributed by atoms with Crippen molar-refractivity contribution >= 4 is 45.3 Å². The van der Waals surface area contributed by atoms with Crippen LogP contribution in [0.15, 0.2) is 42.5 Å². The summed E-state index contributed by atoms with van der Waals surface area (Å²) in [5, 5.41) is 20.0. The van der Waals surface area contributed by atoms with E-state index in [4.69, 9.17) is 10.1 Å². The van der Waals surface area contributed by atoms with E-state index in [1.54, 1.807) is 0 Å². The lowest BCUT2D eigenvalue weighted by Gasteiger charge is -2.16. The van der Waals surface area contributed by atoms with Crippen molar-refractivity contribution in [3.05, 3.63) is 48.0 Å². The predicted octanol–water partition coefficient (Wildman–Crippen LogP) is 4.02. The van der Waals surface area contributed by atoms with E-state index in [0.717, 1.165) is 60.7 Å². The predicted molar refractivity (Wildman–Crippen MR) is 152 cm³/mol. The van der Waals surface area contributed by atoms with Gasteiger partial charge in [0.25, 0.3) is 5.91 Å². The quantitative estimate of drug-likeness (QED) is 0.166. The second-order valence-corrected chi connectivity index (χ2v) is 9.70. The Morgan fingerprint density at radius 1 is 0.816 bits per heavy atom. The molecule has 38 heavy (non-hydrogen) atoms. The van der Waals surface area contributed by atoms with Gasteiger partial charge in [-0.05, 0) is 45.5 Å². The normalized spacial score (nSPS) is 11.1. The van der Waals surface area contributed by atoms with Crippen LogP contribution >= 0.6 is 0 Å². The number of unbranched alkanes of at least 4 members (excludes halogenated alkanes) is 3. The lowest BCUT2D eigenvalue weighted by molar-refractivity contribution is -0.137. The Morgan fingerprint density at radius 3 is 2.32 bits per heavy atom. The number of aromatic nitrogens is 1. The van der Waals surface area contributed by atoms with Crippen molar-refractivity contribution in [3.63, 3.8) is 0 Å². The maximum atomic E-state index is 13.0. The van der Waals surface area contributed by atoms with Gasteiger partial charge in [-0.1, -0.05) is 43.2 Å². The Bertz CT molecular complexity index is 1240. The van der Waals surface area contributed by atoms with Crippen LogP contribution in [0.3, 0.4) is 0 Å². The SMILES string of the molecule is CN(C)CCNC(=O)c1cccc2c(NCCCCCCNC(=O)CCCC(=O)O)c3ccccc3nc12. The fourth-order valence-electron chi connectivity index (χ4n) is 4.31. The first-order chi connectivity index (χ1) is 18.4. The molecular weight excluding hydrogens is 482 g/mol. The number of fused-ring (bicyclic) bond motifs is 2. The van der Waals surface area contributed by atoms with Gasteiger partial charge in [0.05, 0.1) is 22.3 Å².